The van der Waals surface area contributed by atoms with Gasteiger partial charge in [0, 0.05) is 18.1 Å². The Morgan fingerprint density at radius 1 is 1.12 bits per heavy atom. The second-order valence-electron chi connectivity index (χ2n) is 8.36. The van der Waals surface area contributed by atoms with E-state index in [1.807, 2.05) is 0 Å². The summed E-state index contributed by atoms with van der Waals surface area (Å²) in [7, 11) is 1.43. The van der Waals surface area contributed by atoms with Crippen LogP contribution in [0.1, 0.15) is 47.2 Å². The molecule has 1 aliphatic heterocycles. The van der Waals surface area contributed by atoms with Crippen LogP contribution in [0.3, 0.4) is 0 Å². The lowest BCUT2D eigenvalue weighted by Gasteiger charge is -2.27. The summed E-state index contributed by atoms with van der Waals surface area (Å²) in [6, 6.07) is 9.59. The number of benzene rings is 2. The molecule has 0 radical (unpaired) electrons. The van der Waals surface area contributed by atoms with Crippen molar-refractivity contribution in [1.29, 1.82) is 0 Å². The molecule has 0 spiro atoms. The van der Waals surface area contributed by atoms with Crippen LogP contribution in [-0.2, 0) is 4.74 Å². The number of halogens is 1. The molecule has 0 aliphatic carbocycles. The molecule has 4 rings (SSSR count). The molecule has 7 nitrogen and oxygen atoms in total. The van der Waals surface area contributed by atoms with Crippen LogP contribution < -0.4 is 9.22 Å². The van der Waals surface area contributed by atoms with Gasteiger partial charge in [-0.15, -0.1) is 0 Å². The van der Waals surface area contributed by atoms with Gasteiger partial charge in [0.25, 0.3) is 0 Å². The SMILES string of the molecule is COCOc1ccc(C)c(F)c1C(=O)c1cccc2oc([N+]3(C(=O)O)CCCCCC3)cc12. The maximum Gasteiger partial charge on any atom is 0.521 e. The third-order valence-electron chi connectivity index (χ3n) is 6.27. The highest BCUT2D eigenvalue weighted by molar-refractivity contribution is 6.17. The number of furan rings is 1. The number of methoxy groups -OCH3 is 1. The summed E-state index contributed by atoms with van der Waals surface area (Å²) in [5.41, 5.74) is 0.709. The molecule has 3 aromatic rings. The summed E-state index contributed by atoms with van der Waals surface area (Å²) >= 11 is 0. The molecular weight excluding hydrogens is 429 g/mol. The molecule has 0 unspecified atom stereocenters. The van der Waals surface area contributed by atoms with Crippen molar-refractivity contribution >= 4 is 28.7 Å². The number of carboxylic acid groups (broad SMARTS) is 1. The van der Waals surface area contributed by atoms with Gasteiger partial charge in [-0.2, -0.15) is 9.28 Å². The van der Waals surface area contributed by atoms with E-state index in [9.17, 15) is 14.7 Å². The first-order valence-corrected chi connectivity index (χ1v) is 11.0. The van der Waals surface area contributed by atoms with Crippen LogP contribution in [0.2, 0.25) is 0 Å². The number of ketones is 1. The van der Waals surface area contributed by atoms with Gasteiger partial charge in [0.15, 0.2) is 12.6 Å². The number of hydrogen-bond donors (Lipinski definition) is 1. The maximum atomic E-state index is 15.1. The molecule has 1 aromatic heterocycles. The van der Waals surface area contributed by atoms with Gasteiger partial charge in [0.05, 0.1) is 19.2 Å². The molecule has 1 fully saturated rings. The first-order valence-electron chi connectivity index (χ1n) is 11.0. The van der Waals surface area contributed by atoms with Gasteiger partial charge in [-0.05, 0) is 50.3 Å². The molecule has 0 saturated carbocycles. The Morgan fingerprint density at radius 2 is 1.85 bits per heavy atom. The van der Waals surface area contributed by atoms with Crippen LogP contribution in [-0.4, -0.2) is 44.0 Å². The van der Waals surface area contributed by atoms with E-state index in [-0.39, 0.29) is 34.0 Å². The van der Waals surface area contributed by atoms with Gasteiger partial charge in [-0.1, -0.05) is 18.2 Å². The van der Waals surface area contributed by atoms with Crippen molar-refractivity contribution in [3.05, 3.63) is 58.9 Å². The lowest BCUT2D eigenvalue weighted by atomic mass is 9.97. The van der Waals surface area contributed by atoms with Gasteiger partial charge in [-0.3, -0.25) is 4.79 Å². The van der Waals surface area contributed by atoms with Crippen molar-refractivity contribution in [2.24, 2.45) is 0 Å². The highest BCUT2D eigenvalue weighted by Gasteiger charge is 2.43. The standard InChI is InChI=1S/C25H26FNO6/c1-16-10-11-20(32-15-31-2)22(23(16)26)24(28)17-8-7-9-19-18(17)14-21(33-19)27(25(29)30)12-5-3-4-6-13-27/h7-11,14H,3-6,12-13,15H2,1-2H3/p+1. The summed E-state index contributed by atoms with van der Waals surface area (Å²) < 4.78 is 31.1. The predicted octanol–water partition coefficient (Wildman–Crippen LogP) is 5.65. The van der Waals surface area contributed by atoms with Crippen LogP contribution in [0.25, 0.3) is 11.0 Å². The highest BCUT2D eigenvalue weighted by Crippen LogP contribution is 2.37. The topological polar surface area (TPSA) is 86.0 Å². The third kappa shape index (κ3) is 4.12. The molecule has 174 valence electrons. The molecule has 1 N–H and O–H groups in total. The van der Waals surface area contributed by atoms with Gasteiger partial charge >= 0.3 is 12.0 Å². The molecular formula is C25H27FNO6+. The molecule has 1 amide bonds. The number of nitrogens with zero attached hydrogens (tertiary/aromatic N) is 1. The zero-order valence-electron chi connectivity index (χ0n) is 18.7. The molecule has 33 heavy (non-hydrogen) atoms. The minimum Gasteiger partial charge on any atom is -0.467 e. The number of hydrogen-bond acceptors (Lipinski definition) is 5. The number of carbonyl (C=O) groups is 2. The average Bonchev–Trinajstić information content (AvgIpc) is 3.09. The number of amides is 1. The second kappa shape index (κ2) is 9.33. The molecule has 8 heteroatoms. The molecule has 0 atom stereocenters. The normalized spacial score (nSPS) is 15.8. The maximum absolute atomic E-state index is 15.1. The fourth-order valence-electron chi connectivity index (χ4n) is 4.44. The fourth-order valence-corrected chi connectivity index (χ4v) is 4.44. The molecule has 1 aliphatic rings. The van der Waals surface area contributed by atoms with Gasteiger partial charge in [0.2, 0.25) is 0 Å². The summed E-state index contributed by atoms with van der Waals surface area (Å²) in [4.78, 5) is 25.9. The van der Waals surface area contributed by atoms with Crippen LogP contribution in [0, 0.1) is 12.7 Å². The average molecular weight is 456 g/mol. The van der Waals surface area contributed by atoms with Crippen LogP contribution >= 0.6 is 0 Å². The third-order valence-corrected chi connectivity index (χ3v) is 6.27. The monoisotopic (exact) mass is 456 g/mol. The minimum atomic E-state index is -0.983. The quantitative estimate of drug-likeness (QED) is 0.293. The van der Waals surface area contributed by atoms with E-state index in [0.29, 0.717) is 29.6 Å². The van der Waals surface area contributed by atoms with E-state index < -0.39 is 17.7 Å². The molecule has 2 aromatic carbocycles. The summed E-state index contributed by atoms with van der Waals surface area (Å²) in [6.45, 7) is 2.27. The first-order chi connectivity index (χ1) is 15.9. The van der Waals surface area contributed by atoms with Crippen LogP contribution in [0.15, 0.2) is 40.8 Å². The fraction of sp³-hybridized carbons (Fsp3) is 0.360. The predicted molar refractivity (Wildman–Crippen MR) is 121 cm³/mol. The van der Waals surface area contributed by atoms with Crippen LogP contribution in [0.4, 0.5) is 15.1 Å². The minimum absolute atomic E-state index is 0.0761. The van der Waals surface area contributed by atoms with E-state index in [0.717, 1.165) is 25.7 Å². The van der Waals surface area contributed by atoms with E-state index in [2.05, 4.69) is 0 Å². The van der Waals surface area contributed by atoms with E-state index in [1.165, 1.54) is 19.2 Å². The number of likely N-dealkylation sites (tertiary alicyclic amines) is 1. The van der Waals surface area contributed by atoms with E-state index in [1.54, 1.807) is 31.2 Å². The smallest absolute Gasteiger partial charge is 0.467 e. The van der Waals surface area contributed by atoms with Gasteiger partial charge < -0.3 is 19.0 Å². The Bertz CT molecular complexity index is 1190. The highest BCUT2D eigenvalue weighted by atomic mass is 19.1. The van der Waals surface area contributed by atoms with Gasteiger partial charge in [0.1, 0.15) is 22.7 Å². The molecule has 1 saturated heterocycles. The van der Waals surface area contributed by atoms with Gasteiger partial charge in [-0.25, -0.2) is 4.39 Å². The Morgan fingerprint density at radius 3 is 2.52 bits per heavy atom. The van der Waals surface area contributed by atoms with Crippen molar-refractivity contribution < 1.29 is 33.0 Å². The van der Waals surface area contributed by atoms with Crippen molar-refractivity contribution in [2.75, 3.05) is 27.0 Å². The summed E-state index contributed by atoms with van der Waals surface area (Å²) in [5.74, 6) is -0.888. The second-order valence-corrected chi connectivity index (χ2v) is 8.36. The lowest BCUT2D eigenvalue weighted by molar-refractivity contribution is 0.0500. The van der Waals surface area contributed by atoms with Crippen molar-refractivity contribution in [2.45, 2.75) is 32.6 Å². The molecule has 2 heterocycles. The van der Waals surface area contributed by atoms with Crippen molar-refractivity contribution in [1.82, 2.24) is 4.48 Å². The van der Waals surface area contributed by atoms with E-state index in [4.69, 9.17) is 13.9 Å². The zero-order chi connectivity index (χ0) is 23.6. The number of carbonyl (C=O) groups excluding carboxylic acids is 1. The Balaban J connectivity index is 1.84. The summed E-state index contributed by atoms with van der Waals surface area (Å²) in [6.07, 6.45) is 2.49. The Hall–Kier alpha value is -3.23. The van der Waals surface area contributed by atoms with Crippen molar-refractivity contribution in [3.8, 4) is 5.75 Å². The number of ether oxygens (including phenoxy) is 2. The largest absolute Gasteiger partial charge is 0.521 e. The van der Waals surface area contributed by atoms with E-state index >= 15 is 4.39 Å². The number of aryl methyl sites for hydroxylation is 1. The van der Waals surface area contributed by atoms with Crippen LogP contribution in [0.5, 0.6) is 5.75 Å². The number of rotatable bonds is 6. The first kappa shape index (κ1) is 22.9. The molecule has 0 bridgehead atoms. The Labute approximate surface area is 190 Å². The zero-order valence-corrected chi connectivity index (χ0v) is 18.7. The lowest BCUT2D eigenvalue weighted by Crippen LogP contribution is -2.54. The number of fused-ring (bicyclic) bond motifs is 1. The summed E-state index contributed by atoms with van der Waals surface area (Å²) in [5, 5.41) is 10.5. The van der Waals surface area contributed by atoms with Crippen molar-refractivity contribution in [3.63, 3.8) is 0 Å². The Kier molecular flexibility index (Phi) is 6.49. The number of quaternary nitrogens is 1.